The van der Waals surface area contributed by atoms with Crippen LogP contribution in [-0.4, -0.2) is 14.0 Å². The van der Waals surface area contributed by atoms with Crippen molar-refractivity contribution in [2.75, 3.05) is 0 Å². The second-order valence-electron chi connectivity index (χ2n) is 4.30. The lowest BCUT2D eigenvalue weighted by Gasteiger charge is -2.18. The molecule has 0 saturated carbocycles. The summed E-state index contributed by atoms with van der Waals surface area (Å²) in [5.41, 5.74) is 2.35. The van der Waals surface area contributed by atoms with Crippen LogP contribution in [0.3, 0.4) is 0 Å². The van der Waals surface area contributed by atoms with E-state index in [1.165, 1.54) is 12.1 Å². The average Bonchev–Trinajstić information content (AvgIpc) is 2.49. The molecule has 0 aliphatic carbocycles. The smallest absolute Gasteiger partial charge is 0.271 e. The summed E-state index contributed by atoms with van der Waals surface area (Å²) in [7, 11) is -3.77. The minimum Gasteiger partial charge on any atom is -0.447 e. The number of furan rings is 1. The Labute approximate surface area is 94.8 Å². The highest BCUT2D eigenvalue weighted by atomic mass is 32.2. The van der Waals surface area contributed by atoms with Crippen LogP contribution in [0.1, 0.15) is 26.5 Å². The van der Waals surface area contributed by atoms with Crippen LogP contribution in [0.15, 0.2) is 21.6 Å². The van der Waals surface area contributed by atoms with E-state index in [0.29, 0.717) is 5.76 Å². The van der Waals surface area contributed by atoms with Crippen LogP contribution in [0.25, 0.3) is 0 Å². The predicted molar refractivity (Wildman–Crippen MR) is 57.8 cm³/mol. The normalized spacial score (nSPS) is 13.0. The van der Waals surface area contributed by atoms with Crippen LogP contribution in [0.5, 0.6) is 0 Å². The molecular weight excluding hydrogens is 232 g/mol. The van der Waals surface area contributed by atoms with E-state index >= 15 is 0 Å². The number of hydroxylamine groups is 1. The van der Waals surface area contributed by atoms with Gasteiger partial charge in [0.2, 0.25) is 5.09 Å². The molecule has 0 spiro atoms. The van der Waals surface area contributed by atoms with Crippen LogP contribution < -0.4 is 10.6 Å². The van der Waals surface area contributed by atoms with Crippen molar-refractivity contribution < 1.29 is 17.7 Å². The average molecular weight is 248 g/mol. The van der Waals surface area contributed by atoms with E-state index in [-0.39, 0.29) is 17.2 Å². The van der Waals surface area contributed by atoms with Crippen LogP contribution in [0.4, 0.5) is 0 Å². The molecule has 0 bridgehead atoms. The van der Waals surface area contributed by atoms with Crippen LogP contribution in [0, 0.1) is 0 Å². The Bertz CT molecular complexity index is 444. The fourth-order valence-electron chi connectivity index (χ4n) is 0.930. The van der Waals surface area contributed by atoms with Crippen LogP contribution >= 0.6 is 0 Å². The van der Waals surface area contributed by atoms with E-state index in [2.05, 4.69) is 5.48 Å². The van der Waals surface area contributed by atoms with E-state index in [9.17, 15) is 8.42 Å². The Morgan fingerprint density at radius 1 is 1.44 bits per heavy atom. The van der Waals surface area contributed by atoms with Crippen molar-refractivity contribution in [2.45, 2.75) is 38.0 Å². The first-order chi connectivity index (χ1) is 7.18. The Balaban J connectivity index is 2.54. The second-order valence-corrected chi connectivity index (χ2v) is 5.79. The van der Waals surface area contributed by atoms with Gasteiger partial charge in [0.15, 0.2) is 0 Å². The molecule has 0 aromatic carbocycles. The van der Waals surface area contributed by atoms with Gasteiger partial charge in [-0.05, 0) is 32.9 Å². The Morgan fingerprint density at radius 3 is 2.50 bits per heavy atom. The number of nitrogens with one attached hydrogen (secondary N) is 1. The summed E-state index contributed by atoms with van der Waals surface area (Å²) in [5.74, 6) is 0.438. The van der Waals surface area contributed by atoms with Gasteiger partial charge in [-0.2, -0.15) is 5.48 Å². The number of rotatable bonds is 4. The highest BCUT2D eigenvalue weighted by Crippen LogP contribution is 2.12. The number of sulfonamides is 1. The summed E-state index contributed by atoms with van der Waals surface area (Å²) in [6, 6.07) is 2.84. The zero-order valence-corrected chi connectivity index (χ0v) is 10.3. The lowest BCUT2D eigenvalue weighted by Crippen LogP contribution is -2.28. The maximum absolute atomic E-state index is 10.9. The topological polar surface area (TPSA) is 94.6 Å². The predicted octanol–water partition coefficient (Wildman–Crippen LogP) is 0.747. The fourth-order valence-corrected chi connectivity index (χ4v) is 1.41. The van der Waals surface area contributed by atoms with Crippen molar-refractivity contribution >= 4 is 10.0 Å². The first-order valence-corrected chi connectivity index (χ1v) is 6.25. The number of primary sulfonamides is 1. The minimum absolute atomic E-state index is 0.250. The molecule has 16 heavy (non-hydrogen) atoms. The molecular formula is C9H16N2O4S. The van der Waals surface area contributed by atoms with Gasteiger partial charge in [-0.3, -0.25) is 4.84 Å². The maximum Gasteiger partial charge on any atom is 0.271 e. The molecule has 0 aliphatic rings. The van der Waals surface area contributed by atoms with Crippen LogP contribution in [0.2, 0.25) is 0 Å². The molecule has 1 heterocycles. The molecule has 0 saturated heterocycles. The van der Waals surface area contributed by atoms with Gasteiger partial charge >= 0.3 is 0 Å². The van der Waals surface area contributed by atoms with Gasteiger partial charge in [-0.15, -0.1) is 0 Å². The van der Waals surface area contributed by atoms with Gasteiger partial charge in [0.25, 0.3) is 10.0 Å². The lowest BCUT2D eigenvalue weighted by molar-refractivity contribution is -0.0777. The van der Waals surface area contributed by atoms with E-state index in [0.717, 1.165) is 0 Å². The van der Waals surface area contributed by atoms with E-state index in [1.807, 2.05) is 20.8 Å². The Kier molecular flexibility index (Phi) is 3.74. The highest BCUT2D eigenvalue weighted by molar-refractivity contribution is 7.89. The molecule has 1 rings (SSSR count). The standard InChI is InChI=1S/C9H16N2O4S/c1-9(2,3)15-11-6-7-4-5-8(14-7)16(10,12)13/h4-5,11H,6H2,1-3H3,(H2,10,12,13). The number of hydrogen-bond donors (Lipinski definition) is 2. The van der Waals surface area contributed by atoms with Gasteiger partial charge in [-0.25, -0.2) is 13.6 Å². The molecule has 0 fully saturated rings. The summed E-state index contributed by atoms with van der Waals surface area (Å²) in [6.07, 6.45) is 0. The molecule has 0 amide bonds. The quantitative estimate of drug-likeness (QED) is 0.767. The zero-order chi connectivity index (χ0) is 12.4. The molecule has 0 aliphatic heterocycles. The Morgan fingerprint density at radius 2 is 2.06 bits per heavy atom. The monoisotopic (exact) mass is 248 g/mol. The third-order valence-electron chi connectivity index (χ3n) is 1.54. The molecule has 0 atom stereocenters. The lowest BCUT2D eigenvalue weighted by atomic mass is 10.2. The summed E-state index contributed by atoms with van der Waals surface area (Å²) in [5, 5.41) is 4.64. The largest absolute Gasteiger partial charge is 0.447 e. The van der Waals surface area contributed by atoms with Crippen molar-refractivity contribution in [1.29, 1.82) is 0 Å². The van der Waals surface area contributed by atoms with Gasteiger partial charge in [-0.1, -0.05) is 0 Å². The summed E-state index contributed by atoms with van der Waals surface area (Å²) in [4.78, 5) is 5.24. The molecule has 1 aromatic rings. The molecule has 0 radical (unpaired) electrons. The van der Waals surface area contributed by atoms with Gasteiger partial charge in [0.1, 0.15) is 5.76 Å². The number of nitrogens with two attached hydrogens (primary N) is 1. The van der Waals surface area contributed by atoms with Crippen molar-refractivity contribution in [1.82, 2.24) is 5.48 Å². The molecule has 1 aromatic heterocycles. The highest BCUT2D eigenvalue weighted by Gasteiger charge is 2.14. The number of hydrogen-bond acceptors (Lipinski definition) is 5. The molecule has 3 N–H and O–H groups in total. The third-order valence-corrected chi connectivity index (χ3v) is 2.32. The van der Waals surface area contributed by atoms with E-state index < -0.39 is 10.0 Å². The summed E-state index contributed by atoms with van der Waals surface area (Å²) in [6.45, 7) is 5.93. The molecule has 7 heteroatoms. The van der Waals surface area contributed by atoms with E-state index in [1.54, 1.807) is 0 Å². The first-order valence-electron chi connectivity index (χ1n) is 4.71. The van der Waals surface area contributed by atoms with Crippen molar-refractivity contribution in [3.05, 3.63) is 17.9 Å². The summed E-state index contributed by atoms with van der Waals surface area (Å²) < 4.78 is 26.8. The minimum atomic E-state index is -3.77. The maximum atomic E-state index is 10.9. The molecule has 0 unspecified atom stereocenters. The van der Waals surface area contributed by atoms with Crippen molar-refractivity contribution in [3.8, 4) is 0 Å². The fraction of sp³-hybridized carbons (Fsp3) is 0.556. The molecule has 92 valence electrons. The van der Waals surface area contributed by atoms with Crippen molar-refractivity contribution in [3.63, 3.8) is 0 Å². The third kappa shape index (κ3) is 4.31. The van der Waals surface area contributed by atoms with Crippen LogP contribution in [-0.2, 0) is 21.4 Å². The summed E-state index contributed by atoms with van der Waals surface area (Å²) >= 11 is 0. The van der Waals surface area contributed by atoms with Gasteiger partial charge < -0.3 is 4.42 Å². The SMILES string of the molecule is CC(C)(C)ONCc1ccc(S(N)(=O)=O)o1. The van der Waals surface area contributed by atoms with E-state index in [4.69, 9.17) is 14.4 Å². The van der Waals surface area contributed by atoms with Gasteiger partial charge in [0, 0.05) is 0 Å². The zero-order valence-electron chi connectivity index (χ0n) is 9.48. The second kappa shape index (κ2) is 4.54. The van der Waals surface area contributed by atoms with Gasteiger partial charge in [0.05, 0.1) is 12.1 Å². The molecule has 6 nitrogen and oxygen atoms in total. The first kappa shape index (κ1) is 13.2. The van der Waals surface area contributed by atoms with Crippen molar-refractivity contribution in [2.24, 2.45) is 5.14 Å². The Hall–Kier alpha value is -0.890.